The molecule has 38 heavy (non-hydrogen) atoms. The third kappa shape index (κ3) is 7.44. The van der Waals surface area contributed by atoms with Crippen molar-refractivity contribution in [1.82, 2.24) is 25.2 Å². The molecule has 1 fully saturated rings. The zero-order valence-electron chi connectivity index (χ0n) is 20.1. The summed E-state index contributed by atoms with van der Waals surface area (Å²) >= 11 is 3.20. The molecule has 1 aromatic carbocycles. The lowest BCUT2D eigenvalue weighted by Crippen LogP contribution is -2.55. The maximum Gasteiger partial charge on any atom is 0.433 e. The Morgan fingerprint density at radius 3 is 2.42 bits per heavy atom. The van der Waals surface area contributed by atoms with Crippen LogP contribution >= 0.6 is 15.9 Å². The maximum atomic E-state index is 13.0. The summed E-state index contributed by atoms with van der Waals surface area (Å²) in [5.41, 5.74) is 5.60. The summed E-state index contributed by atoms with van der Waals surface area (Å²) in [4.78, 5) is 42.0. The Bertz CT molecular complexity index is 1320. The standard InChI is InChI=1S/C20H19F3N6O2.C5H4BrN/c1-2-29-17(26-13-6-4-3-5-7-13)12(11-24)10-14(19(29)31)27-18(30)16-25-9-8-15(28-16)20(21,22)23;6-5-3-1-2-4-7-5/h3-9,11,14H,2,10,24H2,1H3,(H,27,30);1-4H/b12-11-,26-17?;. The number of nitrogens with one attached hydrogen (secondary N) is 1. The van der Waals surface area contributed by atoms with Crippen molar-refractivity contribution >= 4 is 39.3 Å². The highest BCUT2D eigenvalue weighted by atomic mass is 79.9. The van der Waals surface area contributed by atoms with Gasteiger partial charge in [0.1, 0.15) is 22.2 Å². The molecule has 0 radical (unpaired) electrons. The normalized spacial score (nSPS) is 17.7. The molecular formula is C25H23BrF3N7O2. The van der Waals surface area contributed by atoms with E-state index in [-0.39, 0.29) is 13.0 Å². The van der Waals surface area contributed by atoms with Crippen LogP contribution in [-0.2, 0) is 11.0 Å². The number of amidine groups is 1. The second-order valence-corrected chi connectivity index (χ2v) is 8.50. The van der Waals surface area contributed by atoms with E-state index in [1.54, 1.807) is 37.4 Å². The smallest absolute Gasteiger partial charge is 0.404 e. The minimum absolute atomic E-state index is 0.0161. The average Bonchev–Trinajstić information content (AvgIpc) is 2.91. The summed E-state index contributed by atoms with van der Waals surface area (Å²) in [6.07, 6.45) is -0.847. The number of piperidine rings is 1. The number of carbonyl (C=O) groups is 2. The molecule has 1 saturated heterocycles. The van der Waals surface area contributed by atoms with Gasteiger partial charge in [-0.1, -0.05) is 24.3 Å². The van der Waals surface area contributed by atoms with Crippen LogP contribution in [-0.4, -0.2) is 50.1 Å². The molecule has 0 saturated carbocycles. The quantitative estimate of drug-likeness (QED) is 0.438. The molecule has 1 unspecified atom stereocenters. The second kappa shape index (κ2) is 12.9. The summed E-state index contributed by atoms with van der Waals surface area (Å²) in [5, 5.41) is 2.40. The fourth-order valence-corrected chi connectivity index (χ4v) is 3.64. The van der Waals surface area contributed by atoms with Crippen LogP contribution in [0.4, 0.5) is 18.9 Å². The Hall–Kier alpha value is -4.13. The van der Waals surface area contributed by atoms with E-state index >= 15 is 0 Å². The van der Waals surface area contributed by atoms with Crippen molar-refractivity contribution in [2.24, 2.45) is 10.7 Å². The van der Waals surface area contributed by atoms with E-state index in [1.165, 1.54) is 11.1 Å². The van der Waals surface area contributed by atoms with Crippen molar-refractivity contribution in [3.8, 4) is 0 Å². The molecule has 9 nitrogen and oxygen atoms in total. The highest BCUT2D eigenvalue weighted by Gasteiger charge is 2.37. The van der Waals surface area contributed by atoms with Gasteiger partial charge in [0.05, 0.1) is 5.69 Å². The van der Waals surface area contributed by atoms with Crippen LogP contribution in [0.2, 0.25) is 0 Å². The molecule has 1 atom stereocenters. The van der Waals surface area contributed by atoms with Gasteiger partial charge >= 0.3 is 6.18 Å². The fraction of sp³-hybridized carbons (Fsp3) is 0.200. The van der Waals surface area contributed by atoms with Crippen molar-refractivity contribution in [1.29, 1.82) is 0 Å². The third-order valence-corrected chi connectivity index (χ3v) is 5.59. The van der Waals surface area contributed by atoms with E-state index in [9.17, 15) is 22.8 Å². The van der Waals surface area contributed by atoms with Gasteiger partial charge < -0.3 is 11.1 Å². The highest BCUT2D eigenvalue weighted by Crippen LogP contribution is 2.27. The number of amides is 2. The van der Waals surface area contributed by atoms with Crippen molar-refractivity contribution < 1.29 is 22.8 Å². The van der Waals surface area contributed by atoms with Gasteiger partial charge in [-0.25, -0.2) is 19.9 Å². The van der Waals surface area contributed by atoms with Gasteiger partial charge in [0.25, 0.3) is 11.8 Å². The molecule has 3 N–H and O–H groups in total. The van der Waals surface area contributed by atoms with Crippen molar-refractivity contribution in [3.63, 3.8) is 0 Å². The average molecular weight is 590 g/mol. The number of para-hydroxylation sites is 1. The van der Waals surface area contributed by atoms with Crippen LogP contribution in [0.15, 0.2) is 88.4 Å². The van der Waals surface area contributed by atoms with E-state index in [1.807, 2.05) is 24.3 Å². The summed E-state index contributed by atoms with van der Waals surface area (Å²) in [6.45, 7) is 1.97. The number of halogens is 4. The molecule has 3 heterocycles. The Kier molecular flexibility index (Phi) is 9.66. The monoisotopic (exact) mass is 589 g/mol. The first-order chi connectivity index (χ1) is 18.1. The van der Waals surface area contributed by atoms with E-state index in [2.05, 4.69) is 41.2 Å². The maximum absolute atomic E-state index is 13.0. The minimum Gasteiger partial charge on any atom is -0.404 e. The minimum atomic E-state index is -4.73. The van der Waals surface area contributed by atoms with Gasteiger partial charge in [0.15, 0.2) is 0 Å². The summed E-state index contributed by atoms with van der Waals surface area (Å²) < 4.78 is 39.4. The molecule has 0 spiro atoms. The number of carbonyl (C=O) groups excluding carboxylic acids is 2. The first-order valence-corrected chi connectivity index (χ1v) is 12.1. The predicted molar refractivity (Wildman–Crippen MR) is 138 cm³/mol. The molecular weight excluding hydrogens is 567 g/mol. The zero-order chi connectivity index (χ0) is 27.7. The number of likely N-dealkylation sites (tertiary alicyclic amines) is 1. The first-order valence-electron chi connectivity index (χ1n) is 11.3. The van der Waals surface area contributed by atoms with Gasteiger partial charge in [0, 0.05) is 37.1 Å². The number of likely N-dealkylation sites (N-methyl/N-ethyl adjacent to an activating group) is 1. The van der Waals surface area contributed by atoms with Crippen molar-refractivity contribution in [2.45, 2.75) is 25.6 Å². The number of hydrogen-bond acceptors (Lipinski definition) is 7. The summed E-state index contributed by atoms with van der Waals surface area (Å²) in [5.74, 6) is -1.81. The van der Waals surface area contributed by atoms with Gasteiger partial charge in [0.2, 0.25) is 5.82 Å². The number of nitrogens with two attached hydrogens (primary N) is 1. The number of benzene rings is 1. The van der Waals surface area contributed by atoms with Crippen LogP contribution in [0, 0.1) is 0 Å². The van der Waals surface area contributed by atoms with Gasteiger partial charge in [-0.15, -0.1) is 0 Å². The number of rotatable bonds is 4. The van der Waals surface area contributed by atoms with Crippen LogP contribution in [0.5, 0.6) is 0 Å². The second-order valence-electron chi connectivity index (χ2n) is 7.69. The molecule has 0 aliphatic carbocycles. The number of aromatic nitrogens is 3. The molecule has 0 bridgehead atoms. The SMILES string of the molecule is Brc1ccccn1.CCN1C(=O)C(NC(=O)c2nccc(C(F)(F)F)n2)C/C(=C/N)C1=Nc1ccccc1. The number of nitrogens with zero attached hydrogens (tertiary/aromatic N) is 5. The number of aliphatic imine (C=N–C) groups is 1. The predicted octanol–water partition coefficient (Wildman–Crippen LogP) is 4.26. The molecule has 1 aliphatic heterocycles. The molecule has 3 aromatic rings. The van der Waals surface area contributed by atoms with Gasteiger partial charge in [-0.05, 0) is 53.2 Å². The van der Waals surface area contributed by atoms with Crippen molar-refractivity contribution in [3.05, 3.63) is 94.9 Å². The van der Waals surface area contributed by atoms with E-state index in [4.69, 9.17) is 5.73 Å². The number of pyridine rings is 1. The Morgan fingerprint density at radius 2 is 1.87 bits per heavy atom. The number of alkyl halides is 3. The Labute approximate surface area is 224 Å². The largest absolute Gasteiger partial charge is 0.433 e. The van der Waals surface area contributed by atoms with Gasteiger partial charge in [-0.3, -0.25) is 14.5 Å². The zero-order valence-corrected chi connectivity index (χ0v) is 21.6. The third-order valence-electron chi connectivity index (χ3n) is 5.12. The van der Waals surface area contributed by atoms with Gasteiger partial charge in [-0.2, -0.15) is 13.2 Å². The molecule has 2 aromatic heterocycles. The van der Waals surface area contributed by atoms with Crippen LogP contribution in [0.3, 0.4) is 0 Å². The molecule has 13 heteroatoms. The number of hydrogen-bond donors (Lipinski definition) is 2. The lowest BCUT2D eigenvalue weighted by atomic mass is 9.98. The van der Waals surface area contributed by atoms with Crippen molar-refractivity contribution in [2.75, 3.05) is 6.54 Å². The fourth-order valence-electron chi connectivity index (χ4n) is 3.37. The van der Waals surface area contributed by atoms with E-state index < -0.39 is 35.6 Å². The summed E-state index contributed by atoms with van der Waals surface area (Å²) in [6, 6.07) is 14.2. The topological polar surface area (TPSA) is 126 Å². The Balaban J connectivity index is 0.000000494. The Morgan fingerprint density at radius 1 is 1.16 bits per heavy atom. The van der Waals surface area contributed by atoms with Crippen LogP contribution in [0.25, 0.3) is 0 Å². The summed E-state index contributed by atoms with van der Waals surface area (Å²) in [7, 11) is 0. The lowest BCUT2D eigenvalue weighted by molar-refractivity contribution is -0.141. The van der Waals surface area contributed by atoms with Crippen LogP contribution in [0.1, 0.15) is 29.7 Å². The molecule has 2 amide bonds. The lowest BCUT2D eigenvalue weighted by Gasteiger charge is -2.34. The van der Waals surface area contributed by atoms with E-state index in [0.717, 1.165) is 10.8 Å². The highest BCUT2D eigenvalue weighted by molar-refractivity contribution is 9.10. The van der Waals surface area contributed by atoms with E-state index in [0.29, 0.717) is 23.2 Å². The first kappa shape index (κ1) is 28.4. The molecule has 4 rings (SSSR count). The van der Waals surface area contributed by atoms with Crippen LogP contribution < -0.4 is 11.1 Å². The molecule has 1 aliphatic rings. The molecule has 198 valence electrons.